The smallest absolute Gasteiger partial charge is 0.250 e. The number of aromatic hydroxyl groups is 1. The van der Waals surface area contributed by atoms with E-state index in [1.54, 1.807) is 12.1 Å². The summed E-state index contributed by atoms with van der Waals surface area (Å²) in [5.74, 6) is 1.32. The molecule has 2 aromatic rings. The van der Waals surface area contributed by atoms with Crippen molar-refractivity contribution in [3.05, 3.63) is 64.1 Å². The Bertz CT molecular complexity index is 753. The van der Waals surface area contributed by atoms with Crippen LogP contribution in [0.5, 0.6) is 5.75 Å². The number of nitrogens with zero attached hydrogens (tertiary/aromatic N) is 2. The van der Waals surface area contributed by atoms with Crippen molar-refractivity contribution in [3.8, 4) is 5.75 Å². The minimum absolute atomic E-state index is 0.126. The standard InChI is InChI=1S/C18H20N2O2/c21-17-6-2-1-4-14(17)11-19-9-13-8-15(12-19)16-5-3-7-18(22)20(16)10-13/h1-7,13,15,21H,8-12H2/t13-,15+/m0/s1. The fraction of sp³-hybridized carbons (Fsp3) is 0.389. The molecule has 4 nitrogen and oxygen atoms in total. The Balaban J connectivity index is 1.59. The molecule has 114 valence electrons. The van der Waals surface area contributed by atoms with Crippen molar-refractivity contribution in [2.24, 2.45) is 5.92 Å². The van der Waals surface area contributed by atoms with E-state index in [2.05, 4.69) is 11.0 Å². The van der Waals surface area contributed by atoms with Gasteiger partial charge in [-0.3, -0.25) is 9.69 Å². The van der Waals surface area contributed by atoms with E-state index in [1.807, 2.05) is 28.8 Å². The van der Waals surface area contributed by atoms with Crippen LogP contribution < -0.4 is 5.56 Å². The second-order valence-electron chi connectivity index (χ2n) is 6.52. The Morgan fingerprint density at radius 2 is 1.91 bits per heavy atom. The van der Waals surface area contributed by atoms with Gasteiger partial charge in [-0.05, 0) is 24.5 Å². The lowest BCUT2D eigenvalue weighted by Crippen LogP contribution is -2.46. The number of hydrogen-bond acceptors (Lipinski definition) is 3. The van der Waals surface area contributed by atoms with Crippen LogP contribution in [0.4, 0.5) is 0 Å². The van der Waals surface area contributed by atoms with Gasteiger partial charge in [-0.25, -0.2) is 0 Å². The topological polar surface area (TPSA) is 45.5 Å². The highest BCUT2D eigenvalue weighted by atomic mass is 16.3. The number of aromatic nitrogens is 1. The largest absolute Gasteiger partial charge is 0.508 e. The van der Waals surface area contributed by atoms with Crippen LogP contribution in [0.25, 0.3) is 0 Å². The first kappa shape index (κ1) is 13.6. The van der Waals surface area contributed by atoms with Gasteiger partial charge in [0.25, 0.3) is 5.56 Å². The molecule has 0 unspecified atom stereocenters. The number of rotatable bonds is 2. The number of phenolic OH excluding ortho intramolecular Hbond substituents is 1. The van der Waals surface area contributed by atoms with E-state index in [4.69, 9.17) is 0 Å². The molecule has 2 bridgehead atoms. The zero-order valence-corrected chi connectivity index (χ0v) is 12.5. The quantitative estimate of drug-likeness (QED) is 0.924. The van der Waals surface area contributed by atoms with Crippen LogP contribution in [-0.4, -0.2) is 27.7 Å². The predicted molar refractivity (Wildman–Crippen MR) is 84.9 cm³/mol. The van der Waals surface area contributed by atoms with Gasteiger partial charge in [0.05, 0.1) is 0 Å². The molecule has 2 aliphatic rings. The average molecular weight is 296 g/mol. The third-order valence-electron chi connectivity index (χ3n) is 4.94. The van der Waals surface area contributed by atoms with Crippen LogP contribution >= 0.6 is 0 Å². The number of piperidine rings is 1. The SMILES string of the molecule is O=c1cccc2n1C[C@H]1C[C@@H]2CN(Cc2ccccc2O)C1. The number of phenols is 1. The summed E-state index contributed by atoms with van der Waals surface area (Å²) < 4.78 is 1.95. The molecule has 4 heteroatoms. The molecule has 2 aliphatic heterocycles. The Labute approximate surface area is 129 Å². The molecular formula is C18H20N2O2. The molecule has 4 rings (SSSR count). The summed E-state index contributed by atoms with van der Waals surface area (Å²) in [6, 6.07) is 13.2. The second kappa shape index (κ2) is 5.29. The van der Waals surface area contributed by atoms with Gasteiger partial charge in [0.1, 0.15) is 5.75 Å². The number of hydrogen-bond donors (Lipinski definition) is 1. The summed E-state index contributed by atoms with van der Waals surface area (Å²) in [7, 11) is 0. The first-order valence-electron chi connectivity index (χ1n) is 7.89. The number of likely N-dealkylation sites (tertiary alicyclic amines) is 1. The van der Waals surface area contributed by atoms with Crippen LogP contribution in [0.2, 0.25) is 0 Å². The minimum atomic E-state index is 0.126. The van der Waals surface area contributed by atoms with E-state index in [1.165, 1.54) is 12.1 Å². The highest BCUT2D eigenvalue weighted by Gasteiger charge is 2.34. The van der Waals surface area contributed by atoms with E-state index < -0.39 is 0 Å². The normalized spacial score (nSPS) is 24.0. The lowest BCUT2D eigenvalue weighted by molar-refractivity contribution is 0.113. The van der Waals surface area contributed by atoms with Crippen molar-refractivity contribution in [3.63, 3.8) is 0 Å². The molecule has 1 aromatic heterocycles. The molecule has 0 saturated carbocycles. The molecule has 0 radical (unpaired) electrons. The van der Waals surface area contributed by atoms with E-state index in [-0.39, 0.29) is 5.56 Å². The maximum atomic E-state index is 12.0. The highest BCUT2D eigenvalue weighted by Crippen LogP contribution is 2.35. The Kier molecular flexibility index (Phi) is 3.26. The Morgan fingerprint density at radius 1 is 1.05 bits per heavy atom. The molecule has 2 atom stereocenters. The van der Waals surface area contributed by atoms with Gasteiger partial charge in [0, 0.05) is 49.4 Å². The van der Waals surface area contributed by atoms with Gasteiger partial charge in [-0.1, -0.05) is 24.3 Å². The van der Waals surface area contributed by atoms with E-state index in [0.717, 1.165) is 31.7 Å². The van der Waals surface area contributed by atoms with Gasteiger partial charge < -0.3 is 9.67 Å². The predicted octanol–water partition coefficient (Wildman–Crippen LogP) is 2.17. The number of para-hydroxylation sites is 1. The minimum Gasteiger partial charge on any atom is -0.508 e. The average Bonchev–Trinajstić information content (AvgIpc) is 2.51. The fourth-order valence-corrected chi connectivity index (χ4v) is 4.01. The molecule has 1 N–H and O–H groups in total. The molecule has 1 saturated heterocycles. The van der Waals surface area contributed by atoms with Gasteiger partial charge >= 0.3 is 0 Å². The van der Waals surface area contributed by atoms with Gasteiger partial charge in [-0.15, -0.1) is 0 Å². The van der Waals surface area contributed by atoms with E-state index in [9.17, 15) is 9.90 Å². The van der Waals surface area contributed by atoms with Crippen LogP contribution in [0.15, 0.2) is 47.3 Å². The van der Waals surface area contributed by atoms with E-state index in [0.29, 0.717) is 17.6 Å². The van der Waals surface area contributed by atoms with Crippen molar-refractivity contribution >= 4 is 0 Å². The number of fused-ring (bicyclic) bond motifs is 4. The molecule has 22 heavy (non-hydrogen) atoms. The van der Waals surface area contributed by atoms with Gasteiger partial charge in [-0.2, -0.15) is 0 Å². The molecule has 1 aromatic carbocycles. The zero-order valence-electron chi connectivity index (χ0n) is 12.5. The molecule has 0 amide bonds. The second-order valence-corrected chi connectivity index (χ2v) is 6.52. The maximum absolute atomic E-state index is 12.0. The molecule has 3 heterocycles. The van der Waals surface area contributed by atoms with E-state index >= 15 is 0 Å². The summed E-state index contributed by atoms with van der Waals surface area (Å²) in [6.45, 7) is 3.54. The molecule has 0 spiro atoms. The van der Waals surface area contributed by atoms with Crippen LogP contribution in [0, 0.1) is 5.92 Å². The van der Waals surface area contributed by atoms with Gasteiger partial charge in [0.15, 0.2) is 0 Å². The van der Waals surface area contributed by atoms with Crippen molar-refractivity contribution in [1.29, 1.82) is 0 Å². The van der Waals surface area contributed by atoms with Crippen molar-refractivity contribution in [2.45, 2.75) is 25.4 Å². The first-order valence-corrected chi connectivity index (χ1v) is 7.89. The van der Waals surface area contributed by atoms with Crippen molar-refractivity contribution in [1.82, 2.24) is 9.47 Å². The number of benzene rings is 1. The summed E-state index contributed by atoms with van der Waals surface area (Å²) in [6.07, 6.45) is 1.17. The molecule has 0 aliphatic carbocycles. The van der Waals surface area contributed by atoms with Crippen molar-refractivity contribution < 1.29 is 5.11 Å². The summed E-state index contributed by atoms with van der Waals surface area (Å²) in [5, 5.41) is 9.97. The highest BCUT2D eigenvalue weighted by molar-refractivity contribution is 5.31. The maximum Gasteiger partial charge on any atom is 0.250 e. The Morgan fingerprint density at radius 3 is 2.77 bits per heavy atom. The van der Waals surface area contributed by atoms with Crippen LogP contribution in [-0.2, 0) is 13.1 Å². The summed E-state index contributed by atoms with van der Waals surface area (Å²) in [4.78, 5) is 14.4. The number of pyridine rings is 1. The third kappa shape index (κ3) is 2.33. The Hall–Kier alpha value is -2.07. The molecular weight excluding hydrogens is 276 g/mol. The monoisotopic (exact) mass is 296 g/mol. The zero-order chi connectivity index (χ0) is 15.1. The van der Waals surface area contributed by atoms with Crippen molar-refractivity contribution in [2.75, 3.05) is 13.1 Å². The first-order chi connectivity index (χ1) is 10.7. The molecule has 1 fully saturated rings. The third-order valence-corrected chi connectivity index (χ3v) is 4.94. The lowest BCUT2D eigenvalue weighted by atomic mass is 9.83. The lowest BCUT2D eigenvalue weighted by Gasteiger charge is -2.42. The van der Waals surface area contributed by atoms with Crippen LogP contribution in [0.3, 0.4) is 0 Å². The summed E-state index contributed by atoms with van der Waals surface area (Å²) in [5.41, 5.74) is 2.28. The fourth-order valence-electron chi connectivity index (χ4n) is 4.01. The summed E-state index contributed by atoms with van der Waals surface area (Å²) >= 11 is 0. The van der Waals surface area contributed by atoms with Crippen LogP contribution in [0.1, 0.15) is 23.6 Å². The van der Waals surface area contributed by atoms with Gasteiger partial charge in [0.2, 0.25) is 0 Å².